The van der Waals surface area contributed by atoms with Crippen molar-refractivity contribution in [3.63, 3.8) is 0 Å². The van der Waals surface area contributed by atoms with Crippen molar-refractivity contribution in [2.24, 2.45) is 0 Å². The lowest BCUT2D eigenvalue weighted by atomic mass is 9.96. The summed E-state index contributed by atoms with van der Waals surface area (Å²) in [6.07, 6.45) is -13.3. The van der Waals surface area contributed by atoms with E-state index in [4.69, 9.17) is 47.4 Å². The minimum absolute atomic E-state index is 0.0408. The fraction of sp³-hybridized carbons (Fsp3) is 0.291. The smallest absolute Gasteiger partial charge is 0.338 e. The van der Waals surface area contributed by atoms with Crippen LogP contribution in [0.1, 0.15) is 47.8 Å². The van der Waals surface area contributed by atoms with Crippen molar-refractivity contribution in [3.8, 4) is 0 Å². The molecule has 10 atom stereocenters. The molecule has 0 spiro atoms. The van der Waals surface area contributed by atoms with Gasteiger partial charge in [0, 0.05) is 7.11 Å². The van der Waals surface area contributed by atoms with Crippen LogP contribution >= 0.6 is 0 Å². The summed E-state index contributed by atoms with van der Waals surface area (Å²) in [6.45, 7) is -0.0668. The zero-order valence-corrected chi connectivity index (χ0v) is 37.9. The van der Waals surface area contributed by atoms with E-state index in [1.807, 2.05) is 91.0 Å². The fourth-order valence-corrected chi connectivity index (χ4v) is 8.06. The molecule has 0 aliphatic carbocycles. The SMILES string of the molecule is CO[C@H]1O[C@H](COC(=O)c2ccccc2)[C@@H](O[C@H]2O[C@H](COCc3ccccc3)[C@@H](OCc3ccccc3)[C@H](OCc3ccccc3)[C@H]2O)[C@H](OC(=O)c2ccccc2)[C@H]1OC(=O)c1ccccc1. The molecule has 2 aliphatic rings. The number of hydrogen-bond donors (Lipinski definition) is 1. The van der Waals surface area contributed by atoms with Crippen LogP contribution in [0.5, 0.6) is 0 Å². The average molecular weight is 939 g/mol. The van der Waals surface area contributed by atoms with Crippen LogP contribution in [0, 0.1) is 0 Å². The van der Waals surface area contributed by atoms with Crippen LogP contribution in [0.4, 0.5) is 0 Å². The number of esters is 3. The first-order chi connectivity index (χ1) is 33.8. The highest BCUT2D eigenvalue weighted by molar-refractivity contribution is 5.90. The fourth-order valence-electron chi connectivity index (χ4n) is 8.06. The molecular weight excluding hydrogens is 885 g/mol. The Hall–Kier alpha value is -6.59. The van der Waals surface area contributed by atoms with Crippen LogP contribution in [0.25, 0.3) is 0 Å². The summed E-state index contributed by atoms with van der Waals surface area (Å²) in [5.74, 6) is -2.26. The number of methoxy groups -OCH3 is 1. The van der Waals surface area contributed by atoms with Gasteiger partial charge in [0.25, 0.3) is 0 Å². The third-order valence-electron chi connectivity index (χ3n) is 11.6. The standard InChI is InChI=1S/C55H54O14/c1-60-55-50(68-53(59)42-30-18-7-19-31-42)49(67-52(58)41-28-16-6-17-29-41)47(44(66-55)36-64-51(57)40-26-14-5-15-27-40)69-54-45(56)48(63-34-39-24-12-4-13-25-39)46(62-33-38-22-10-3-11-23-38)43(65-54)35-61-32-37-20-8-2-9-21-37/h2-31,43-50,54-56H,32-36H2,1H3/t43-,44-,45-,46-,47-,48-,49+,50-,54-,55+/m1/s1. The molecule has 0 saturated carbocycles. The summed E-state index contributed by atoms with van der Waals surface area (Å²) < 4.78 is 63.5. The van der Waals surface area contributed by atoms with Gasteiger partial charge in [-0.25, -0.2) is 14.4 Å². The van der Waals surface area contributed by atoms with Crippen molar-refractivity contribution in [1.29, 1.82) is 0 Å². The molecule has 6 aromatic rings. The van der Waals surface area contributed by atoms with Gasteiger partial charge in [-0.15, -0.1) is 0 Å². The Labute approximate surface area is 400 Å². The molecule has 14 nitrogen and oxygen atoms in total. The summed E-state index contributed by atoms with van der Waals surface area (Å²) >= 11 is 0. The number of hydrogen-bond acceptors (Lipinski definition) is 14. The predicted octanol–water partition coefficient (Wildman–Crippen LogP) is 7.52. The molecule has 6 aromatic carbocycles. The summed E-state index contributed by atoms with van der Waals surface area (Å²) in [6, 6.07) is 53.4. The number of ether oxygens (including phenoxy) is 10. The van der Waals surface area contributed by atoms with Gasteiger partial charge in [-0.2, -0.15) is 0 Å². The van der Waals surface area contributed by atoms with E-state index in [0.29, 0.717) is 0 Å². The van der Waals surface area contributed by atoms with Gasteiger partial charge in [-0.1, -0.05) is 146 Å². The quantitative estimate of drug-likeness (QED) is 0.0590. The van der Waals surface area contributed by atoms with E-state index < -0.39 is 85.9 Å². The maximum atomic E-state index is 14.1. The van der Waals surface area contributed by atoms with E-state index in [0.717, 1.165) is 16.7 Å². The Morgan fingerprint density at radius 2 is 0.855 bits per heavy atom. The molecule has 0 bridgehead atoms. The molecule has 0 unspecified atom stereocenters. The molecule has 8 rings (SSSR count). The van der Waals surface area contributed by atoms with Crippen LogP contribution in [0.3, 0.4) is 0 Å². The van der Waals surface area contributed by atoms with Crippen molar-refractivity contribution in [1.82, 2.24) is 0 Å². The van der Waals surface area contributed by atoms with Crippen LogP contribution in [-0.2, 0) is 67.2 Å². The topological polar surface area (TPSA) is 164 Å². The molecule has 2 heterocycles. The third-order valence-corrected chi connectivity index (χ3v) is 11.6. The Kier molecular flexibility index (Phi) is 17.4. The third kappa shape index (κ3) is 13.1. The second kappa shape index (κ2) is 24.6. The second-order valence-electron chi connectivity index (χ2n) is 16.4. The highest BCUT2D eigenvalue weighted by Crippen LogP contribution is 2.35. The normalized spacial score (nSPS) is 24.4. The number of aliphatic hydroxyl groups is 1. The van der Waals surface area contributed by atoms with Gasteiger partial charge in [0.2, 0.25) is 0 Å². The second-order valence-corrected chi connectivity index (χ2v) is 16.4. The zero-order chi connectivity index (χ0) is 47.8. The monoisotopic (exact) mass is 938 g/mol. The van der Waals surface area contributed by atoms with E-state index in [9.17, 15) is 19.5 Å². The van der Waals surface area contributed by atoms with Crippen molar-refractivity contribution in [3.05, 3.63) is 215 Å². The van der Waals surface area contributed by atoms with Gasteiger partial charge in [0.15, 0.2) is 24.8 Å². The number of rotatable bonds is 20. The molecule has 2 saturated heterocycles. The minimum atomic E-state index is -1.58. The van der Waals surface area contributed by atoms with Gasteiger partial charge in [-0.05, 0) is 53.1 Å². The van der Waals surface area contributed by atoms with Gasteiger partial charge in [0.1, 0.15) is 43.2 Å². The Balaban J connectivity index is 1.17. The Morgan fingerprint density at radius 3 is 1.35 bits per heavy atom. The molecule has 358 valence electrons. The first-order valence-corrected chi connectivity index (χ1v) is 22.7. The lowest BCUT2D eigenvalue weighted by Gasteiger charge is -2.48. The molecule has 69 heavy (non-hydrogen) atoms. The summed E-state index contributed by atoms with van der Waals surface area (Å²) in [7, 11) is 1.33. The molecule has 2 aliphatic heterocycles. The predicted molar refractivity (Wildman–Crippen MR) is 249 cm³/mol. The summed E-state index contributed by atoms with van der Waals surface area (Å²) in [5, 5.41) is 12.5. The average Bonchev–Trinajstić information content (AvgIpc) is 3.40. The summed E-state index contributed by atoms with van der Waals surface area (Å²) in [5.41, 5.74) is 3.25. The Morgan fingerprint density at radius 1 is 0.449 bits per heavy atom. The lowest BCUT2D eigenvalue weighted by molar-refractivity contribution is -0.362. The lowest BCUT2D eigenvalue weighted by Crippen LogP contribution is -2.66. The van der Waals surface area contributed by atoms with Crippen LogP contribution < -0.4 is 0 Å². The van der Waals surface area contributed by atoms with E-state index >= 15 is 0 Å². The minimum Gasteiger partial charge on any atom is -0.459 e. The summed E-state index contributed by atoms with van der Waals surface area (Å²) in [4.78, 5) is 41.5. The molecular formula is C55H54O14. The van der Waals surface area contributed by atoms with Crippen LogP contribution in [0.2, 0.25) is 0 Å². The van der Waals surface area contributed by atoms with Crippen LogP contribution in [0.15, 0.2) is 182 Å². The molecule has 1 N–H and O–H groups in total. The largest absolute Gasteiger partial charge is 0.459 e. The first kappa shape index (κ1) is 48.9. The van der Waals surface area contributed by atoms with Crippen molar-refractivity contribution >= 4 is 17.9 Å². The van der Waals surface area contributed by atoms with Crippen molar-refractivity contribution in [2.75, 3.05) is 20.3 Å². The van der Waals surface area contributed by atoms with Gasteiger partial charge in [-0.3, -0.25) is 0 Å². The molecule has 2 fully saturated rings. The maximum Gasteiger partial charge on any atom is 0.338 e. The molecule has 0 amide bonds. The number of aliphatic hydroxyl groups excluding tert-OH is 1. The molecule has 14 heteroatoms. The van der Waals surface area contributed by atoms with E-state index in [1.54, 1.807) is 91.0 Å². The zero-order valence-electron chi connectivity index (χ0n) is 37.9. The van der Waals surface area contributed by atoms with E-state index in [-0.39, 0.29) is 43.1 Å². The number of benzene rings is 6. The maximum absolute atomic E-state index is 14.1. The highest BCUT2D eigenvalue weighted by atomic mass is 16.8. The first-order valence-electron chi connectivity index (χ1n) is 22.7. The number of carbonyl (C=O) groups excluding carboxylic acids is 3. The van der Waals surface area contributed by atoms with E-state index in [1.165, 1.54) is 7.11 Å². The van der Waals surface area contributed by atoms with Crippen molar-refractivity contribution in [2.45, 2.75) is 81.2 Å². The Bertz CT molecular complexity index is 2480. The van der Waals surface area contributed by atoms with E-state index in [2.05, 4.69) is 0 Å². The molecule has 0 radical (unpaired) electrons. The number of carbonyl (C=O) groups is 3. The molecule has 0 aromatic heterocycles. The van der Waals surface area contributed by atoms with Gasteiger partial charge >= 0.3 is 17.9 Å². The van der Waals surface area contributed by atoms with Gasteiger partial charge in [0.05, 0.1) is 43.1 Å². The van der Waals surface area contributed by atoms with Crippen LogP contribution in [-0.4, -0.2) is 105 Å². The highest BCUT2D eigenvalue weighted by Gasteiger charge is 2.56. The van der Waals surface area contributed by atoms with Crippen molar-refractivity contribution < 1.29 is 66.9 Å². The van der Waals surface area contributed by atoms with Gasteiger partial charge < -0.3 is 52.5 Å².